The Labute approximate surface area is 99.5 Å². The fourth-order valence-electron chi connectivity index (χ4n) is 0.978. The zero-order valence-electron chi connectivity index (χ0n) is 11.2. The largest absolute Gasteiger partial charge is 0.391 e. The van der Waals surface area contributed by atoms with Crippen LogP contribution >= 0.6 is 0 Å². The van der Waals surface area contributed by atoms with Crippen molar-refractivity contribution in [3.63, 3.8) is 0 Å². The molecular weight excluding hydrogens is 226 g/mol. The van der Waals surface area contributed by atoms with Gasteiger partial charge in [-0.3, -0.25) is 0 Å². The maximum atomic E-state index is 11.8. The first-order valence-electron chi connectivity index (χ1n) is 5.55. The van der Waals surface area contributed by atoms with Gasteiger partial charge in [0.2, 0.25) is 10.0 Å². The Morgan fingerprint density at radius 1 is 1.19 bits per heavy atom. The van der Waals surface area contributed by atoms with E-state index < -0.39 is 21.7 Å². The molecule has 1 atom stereocenters. The van der Waals surface area contributed by atoms with Crippen LogP contribution in [0.4, 0.5) is 0 Å². The van der Waals surface area contributed by atoms with Gasteiger partial charge in [-0.2, -0.15) is 0 Å². The molecule has 16 heavy (non-hydrogen) atoms. The number of nitrogens with one attached hydrogen (secondary N) is 1. The average molecular weight is 251 g/mol. The fourth-order valence-corrected chi connectivity index (χ4v) is 2.93. The Balaban J connectivity index is 4.49. The van der Waals surface area contributed by atoms with Crippen molar-refractivity contribution in [1.29, 1.82) is 0 Å². The lowest BCUT2D eigenvalue weighted by Crippen LogP contribution is -2.51. The van der Waals surface area contributed by atoms with Crippen molar-refractivity contribution in [2.24, 2.45) is 5.41 Å². The minimum absolute atomic E-state index is 0.0102. The second-order valence-electron chi connectivity index (χ2n) is 6.13. The molecule has 0 rings (SSSR count). The molecule has 0 aliphatic heterocycles. The zero-order valence-corrected chi connectivity index (χ0v) is 12.0. The molecule has 0 fully saturated rings. The molecule has 98 valence electrons. The Bertz CT molecular complexity index is 313. The van der Waals surface area contributed by atoms with Gasteiger partial charge in [0.05, 0.1) is 17.4 Å². The van der Waals surface area contributed by atoms with E-state index in [0.717, 1.165) is 0 Å². The van der Waals surface area contributed by atoms with Gasteiger partial charge in [-0.15, -0.1) is 0 Å². The van der Waals surface area contributed by atoms with E-state index in [1.54, 1.807) is 20.8 Å². The molecule has 1 unspecified atom stereocenters. The van der Waals surface area contributed by atoms with Crippen LogP contribution in [0.25, 0.3) is 0 Å². The molecule has 0 spiro atoms. The predicted molar refractivity (Wildman–Crippen MR) is 66.8 cm³/mol. The third kappa shape index (κ3) is 6.45. The zero-order chi connectivity index (χ0) is 13.2. The van der Waals surface area contributed by atoms with Crippen LogP contribution in [0.5, 0.6) is 0 Å². The summed E-state index contributed by atoms with van der Waals surface area (Å²) in [6.45, 7) is 10.9. The van der Waals surface area contributed by atoms with Gasteiger partial charge < -0.3 is 5.11 Å². The van der Waals surface area contributed by atoms with Crippen molar-refractivity contribution in [3.05, 3.63) is 0 Å². The second kappa shape index (κ2) is 5.02. The van der Waals surface area contributed by atoms with E-state index in [0.29, 0.717) is 6.42 Å². The summed E-state index contributed by atoms with van der Waals surface area (Å²) in [7, 11) is -3.33. The Kier molecular flexibility index (Phi) is 4.98. The van der Waals surface area contributed by atoms with Gasteiger partial charge in [0.1, 0.15) is 0 Å². The molecule has 0 saturated heterocycles. The van der Waals surface area contributed by atoms with Gasteiger partial charge in [0.15, 0.2) is 0 Å². The minimum atomic E-state index is -3.33. The summed E-state index contributed by atoms with van der Waals surface area (Å²) < 4.78 is 26.1. The van der Waals surface area contributed by atoms with Crippen molar-refractivity contribution < 1.29 is 13.5 Å². The van der Waals surface area contributed by atoms with Crippen LogP contribution in [0.1, 0.15) is 48.0 Å². The van der Waals surface area contributed by atoms with Crippen LogP contribution in [0, 0.1) is 5.41 Å². The first-order chi connectivity index (χ1) is 6.86. The van der Waals surface area contributed by atoms with Crippen LogP contribution in [-0.2, 0) is 10.0 Å². The lowest BCUT2D eigenvalue weighted by atomic mass is 9.94. The molecule has 0 aromatic heterocycles. The van der Waals surface area contributed by atoms with E-state index in [1.165, 1.54) is 0 Å². The summed E-state index contributed by atoms with van der Waals surface area (Å²) in [5.41, 5.74) is -0.833. The topological polar surface area (TPSA) is 66.4 Å². The molecule has 0 amide bonds. The molecule has 5 heteroatoms. The molecule has 0 bridgehead atoms. The van der Waals surface area contributed by atoms with E-state index in [2.05, 4.69) is 4.72 Å². The monoisotopic (exact) mass is 251 g/mol. The normalized spacial score (nSPS) is 16.2. The summed E-state index contributed by atoms with van der Waals surface area (Å²) in [6.07, 6.45) is -0.130. The SMILES string of the molecule is CC(O)C(C)(C)NS(=O)(=O)CCC(C)(C)C. The van der Waals surface area contributed by atoms with Crippen LogP contribution in [0.15, 0.2) is 0 Å². The summed E-state index contributed by atoms with van der Waals surface area (Å²) in [6, 6.07) is 0. The summed E-state index contributed by atoms with van der Waals surface area (Å²) >= 11 is 0. The quantitative estimate of drug-likeness (QED) is 0.778. The van der Waals surface area contributed by atoms with Crippen LogP contribution in [0.2, 0.25) is 0 Å². The van der Waals surface area contributed by atoms with Gasteiger partial charge in [0.25, 0.3) is 0 Å². The van der Waals surface area contributed by atoms with Crippen LogP contribution in [0.3, 0.4) is 0 Å². The molecule has 0 aromatic rings. The first-order valence-corrected chi connectivity index (χ1v) is 7.21. The van der Waals surface area contributed by atoms with Crippen molar-refractivity contribution in [2.45, 2.75) is 59.6 Å². The van der Waals surface area contributed by atoms with Crippen molar-refractivity contribution in [3.8, 4) is 0 Å². The lowest BCUT2D eigenvalue weighted by Gasteiger charge is -2.29. The standard InChI is InChI=1S/C11H25NO3S/c1-9(13)11(5,6)12-16(14,15)8-7-10(2,3)4/h9,12-13H,7-8H2,1-6H3. The number of hydrogen-bond donors (Lipinski definition) is 2. The van der Waals surface area contributed by atoms with E-state index in [1.807, 2.05) is 20.8 Å². The lowest BCUT2D eigenvalue weighted by molar-refractivity contribution is 0.111. The summed E-state index contributed by atoms with van der Waals surface area (Å²) in [4.78, 5) is 0. The van der Waals surface area contributed by atoms with E-state index in [4.69, 9.17) is 0 Å². The van der Waals surface area contributed by atoms with E-state index >= 15 is 0 Å². The molecule has 0 aliphatic carbocycles. The van der Waals surface area contributed by atoms with Crippen LogP contribution < -0.4 is 4.72 Å². The molecule has 0 heterocycles. The molecular formula is C11H25NO3S. The van der Waals surface area contributed by atoms with Crippen molar-refractivity contribution in [2.75, 3.05) is 5.75 Å². The minimum Gasteiger partial charge on any atom is -0.391 e. The van der Waals surface area contributed by atoms with Gasteiger partial charge >= 0.3 is 0 Å². The highest BCUT2D eigenvalue weighted by Gasteiger charge is 2.30. The number of rotatable bonds is 5. The number of sulfonamides is 1. The smallest absolute Gasteiger partial charge is 0.212 e. The van der Waals surface area contributed by atoms with E-state index in [-0.39, 0.29) is 11.2 Å². The molecule has 2 N–H and O–H groups in total. The van der Waals surface area contributed by atoms with Gasteiger partial charge in [-0.05, 0) is 32.6 Å². The molecule has 0 radical (unpaired) electrons. The maximum absolute atomic E-state index is 11.8. The highest BCUT2D eigenvalue weighted by molar-refractivity contribution is 7.89. The maximum Gasteiger partial charge on any atom is 0.212 e. The molecule has 0 aromatic carbocycles. The van der Waals surface area contributed by atoms with Gasteiger partial charge in [-0.25, -0.2) is 13.1 Å². The third-order valence-electron chi connectivity index (χ3n) is 2.58. The molecule has 4 nitrogen and oxygen atoms in total. The van der Waals surface area contributed by atoms with Crippen molar-refractivity contribution in [1.82, 2.24) is 4.72 Å². The second-order valence-corrected chi connectivity index (χ2v) is 7.97. The average Bonchev–Trinajstić information content (AvgIpc) is 1.97. The predicted octanol–water partition coefficient (Wildman–Crippen LogP) is 1.50. The third-order valence-corrected chi connectivity index (χ3v) is 4.16. The number of aliphatic hydroxyl groups excluding tert-OH is 1. The number of hydrogen-bond acceptors (Lipinski definition) is 3. The van der Waals surface area contributed by atoms with E-state index in [9.17, 15) is 13.5 Å². The first kappa shape index (κ1) is 15.9. The Morgan fingerprint density at radius 3 is 1.94 bits per heavy atom. The molecule has 0 saturated carbocycles. The fraction of sp³-hybridized carbons (Fsp3) is 1.00. The Morgan fingerprint density at radius 2 is 1.62 bits per heavy atom. The highest BCUT2D eigenvalue weighted by atomic mass is 32.2. The van der Waals surface area contributed by atoms with Crippen LogP contribution in [-0.4, -0.2) is 30.9 Å². The summed E-state index contributed by atoms with van der Waals surface area (Å²) in [5, 5.41) is 9.44. The Hall–Kier alpha value is -0.130. The number of aliphatic hydroxyl groups is 1. The van der Waals surface area contributed by atoms with Gasteiger partial charge in [0, 0.05) is 0 Å². The van der Waals surface area contributed by atoms with Gasteiger partial charge in [-0.1, -0.05) is 20.8 Å². The highest BCUT2D eigenvalue weighted by Crippen LogP contribution is 2.20. The molecule has 0 aliphatic rings. The summed E-state index contributed by atoms with van der Waals surface area (Å²) in [5.74, 6) is 0.0899. The van der Waals surface area contributed by atoms with Crippen molar-refractivity contribution >= 4 is 10.0 Å².